The largest absolute Gasteiger partial charge is 0.508 e. The minimum Gasteiger partial charge on any atom is -0.508 e. The summed E-state index contributed by atoms with van der Waals surface area (Å²) in [4.78, 5) is 16.8. The number of rotatable bonds is 1. The summed E-state index contributed by atoms with van der Waals surface area (Å²) in [6.45, 7) is 3.71. The van der Waals surface area contributed by atoms with E-state index in [4.69, 9.17) is 11.5 Å². The number of primary amides is 1. The van der Waals surface area contributed by atoms with Gasteiger partial charge in [-0.15, -0.1) is 0 Å². The Kier molecular flexibility index (Phi) is 2.47. The van der Waals surface area contributed by atoms with Crippen LogP contribution in [0.4, 0.5) is 5.82 Å². The molecule has 0 saturated heterocycles. The molecule has 4 heterocycles. The molecule has 5 aromatic rings. The zero-order chi connectivity index (χ0) is 18.5. The molecular formula is C18H17N6O2+. The summed E-state index contributed by atoms with van der Waals surface area (Å²) in [6.07, 6.45) is 1.96. The van der Waals surface area contributed by atoms with Crippen LogP contribution in [0.5, 0.6) is 5.75 Å². The number of aromatic nitrogens is 4. The monoisotopic (exact) mass is 349 g/mol. The van der Waals surface area contributed by atoms with Gasteiger partial charge < -0.3 is 16.6 Å². The van der Waals surface area contributed by atoms with Gasteiger partial charge in [0.05, 0.1) is 12.7 Å². The number of pyridine rings is 1. The highest BCUT2D eigenvalue weighted by Gasteiger charge is 2.31. The van der Waals surface area contributed by atoms with Gasteiger partial charge in [-0.2, -0.15) is 4.40 Å². The van der Waals surface area contributed by atoms with Crippen LogP contribution in [0.3, 0.4) is 0 Å². The van der Waals surface area contributed by atoms with Crippen molar-refractivity contribution in [2.24, 2.45) is 12.8 Å². The molecule has 5 rings (SSSR count). The molecule has 130 valence electrons. The fourth-order valence-electron chi connectivity index (χ4n) is 4.16. The van der Waals surface area contributed by atoms with E-state index in [1.807, 2.05) is 42.3 Å². The quantitative estimate of drug-likeness (QED) is 0.311. The summed E-state index contributed by atoms with van der Waals surface area (Å²) in [7, 11) is 1.95. The van der Waals surface area contributed by atoms with Crippen molar-refractivity contribution in [3.63, 3.8) is 0 Å². The van der Waals surface area contributed by atoms with Gasteiger partial charge in [0, 0.05) is 5.56 Å². The highest BCUT2D eigenvalue weighted by atomic mass is 16.3. The molecule has 0 atom stereocenters. The highest BCUT2D eigenvalue weighted by molar-refractivity contribution is 6.17. The van der Waals surface area contributed by atoms with Gasteiger partial charge in [-0.05, 0) is 26.0 Å². The SMILES string of the molecule is Cc1c(O)ccc2c1n1c(N)c(C(N)=O)c3nc(C)c4c(c31)n2c[n+]4C. The zero-order valence-corrected chi connectivity index (χ0v) is 14.5. The Morgan fingerprint density at radius 1 is 1.23 bits per heavy atom. The molecule has 0 fully saturated rings. The van der Waals surface area contributed by atoms with Crippen molar-refractivity contribution in [3.8, 4) is 5.75 Å². The van der Waals surface area contributed by atoms with E-state index in [1.54, 1.807) is 10.5 Å². The molecule has 8 nitrogen and oxygen atoms in total. The number of hydrogen-bond acceptors (Lipinski definition) is 4. The van der Waals surface area contributed by atoms with Crippen molar-refractivity contribution in [1.29, 1.82) is 0 Å². The maximum Gasteiger partial charge on any atom is 0.254 e. The Morgan fingerprint density at radius 2 is 1.96 bits per heavy atom. The number of fused-ring (bicyclic) bond motifs is 3. The molecule has 1 amide bonds. The molecule has 8 heteroatoms. The lowest BCUT2D eigenvalue weighted by atomic mass is 10.1. The van der Waals surface area contributed by atoms with Crippen molar-refractivity contribution < 1.29 is 14.5 Å². The molecule has 0 saturated carbocycles. The van der Waals surface area contributed by atoms with E-state index >= 15 is 0 Å². The first-order chi connectivity index (χ1) is 12.3. The van der Waals surface area contributed by atoms with E-state index in [2.05, 4.69) is 4.98 Å². The first-order valence-electron chi connectivity index (χ1n) is 8.17. The summed E-state index contributed by atoms with van der Waals surface area (Å²) in [6, 6.07) is 3.50. The number of nitrogen functional groups attached to an aromatic ring is 1. The molecular weight excluding hydrogens is 332 g/mol. The Hall–Kier alpha value is -3.55. The standard InChI is InChI=1S/C18H16N6O2/c1-7-10(25)5-4-9-13(7)24-15-12(11(17(24)19)18(20)26)21-8(2)14-16(15)23(9)6-22(14)3/h4-6H,1-3H3,(H4-,19,20,21,25,26)/p+1. The molecule has 0 aliphatic rings. The van der Waals surface area contributed by atoms with Crippen LogP contribution in [-0.4, -0.2) is 24.8 Å². The Balaban J connectivity index is 2.30. The van der Waals surface area contributed by atoms with Gasteiger partial charge in [0.15, 0.2) is 11.0 Å². The van der Waals surface area contributed by atoms with Gasteiger partial charge in [0.2, 0.25) is 11.8 Å². The number of phenolic OH excluding ortho intramolecular Hbond substituents is 1. The number of aryl methyl sites for hydroxylation is 3. The van der Waals surface area contributed by atoms with Crippen molar-refractivity contribution in [3.05, 3.63) is 35.3 Å². The molecule has 0 bridgehead atoms. The molecule has 0 aliphatic carbocycles. The second-order valence-electron chi connectivity index (χ2n) is 6.73. The lowest BCUT2D eigenvalue weighted by Crippen LogP contribution is -2.26. The summed E-state index contributed by atoms with van der Waals surface area (Å²) in [5, 5.41) is 10.3. The van der Waals surface area contributed by atoms with E-state index in [9.17, 15) is 9.90 Å². The Labute approximate surface area is 147 Å². The first kappa shape index (κ1) is 14.8. The number of benzene rings is 1. The van der Waals surface area contributed by atoms with E-state index in [-0.39, 0.29) is 17.1 Å². The van der Waals surface area contributed by atoms with E-state index in [1.165, 1.54) is 0 Å². The number of amides is 1. The molecule has 1 aromatic carbocycles. The Morgan fingerprint density at radius 3 is 2.65 bits per heavy atom. The molecule has 0 aliphatic heterocycles. The number of nitrogens with zero attached hydrogens (tertiary/aromatic N) is 4. The number of nitrogens with two attached hydrogens (primary N) is 2. The van der Waals surface area contributed by atoms with Gasteiger partial charge in [-0.1, -0.05) is 0 Å². The third kappa shape index (κ3) is 1.43. The average Bonchev–Trinajstić information content (AvgIpc) is 3.06. The van der Waals surface area contributed by atoms with E-state index in [0.717, 1.165) is 33.3 Å². The number of imidazole rings is 1. The normalized spacial score (nSPS) is 12.3. The number of anilines is 1. The fourth-order valence-corrected chi connectivity index (χ4v) is 4.16. The summed E-state index contributed by atoms with van der Waals surface area (Å²) in [5.74, 6) is -0.236. The van der Waals surface area contributed by atoms with Gasteiger partial charge in [-0.3, -0.25) is 9.20 Å². The lowest BCUT2D eigenvalue weighted by Gasteiger charge is -2.09. The van der Waals surface area contributed by atoms with Crippen LogP contribution >= 0.6 is 0 Å². The first-order valence-corrected chi connectivity index (χ1v) is 8.17. The highest BCUT2D eigenvalue weighted by Crippen LogP contribution is 2.38. The van der Waals surface area contributed by atoms with Crippen molar-refractivity contribution in [1.82, 2.24) is 13.8 Å². The number of phenols is 1. The average molecular weight is 349 g/mol. The third-order valence-electron chi connectivity index (χ3n) is 5.25. The topological polar surface area (TPSA) is 115 Å². The summed E-state index contributed by atoms with van der Waals surface area (Å²) in [5.41, 5.74) is 18.3. The molecule has 4 aromatic heterocycles. The van der Waals surface area contributed by atoms with Crippen molar-refractivity contribution in [2.45, 2.75) is 13.8 Å². The third-order valence-corrected chi connectivity index (χ3v) is 5.25. The molecule has 0 unspecified atom stereocenters. The molecule has 0 spiro atoms. The molecule has 26 heavy (non-hydrogen) atoms. The smallest absolute Gasteiger partial charge is 0.254 e. The number of hydrogen-bond donors (Lipinski definition) is 3. The number of carbonyl (C=O) groups is 1. The van der Waals surface area contributed by atoms with Crippen LogP contribution in [0.25, 0.3) is 33.1 Å². The zero-order valence-electron chi connectivity index (χ0n) is 14.5. The molecule has 0 radical (unpaired) electrons. The number of aromatic hydroxyl groups is 1. The predicted molar refractivity (Wildman–Crippen MR) is 97.6 cm³/mol. The minimum atomic E-state index is -0.624. The Bertz CT molecular complexity index is 1410. The lowest BCUT2D eigenvalue weighted by molar-refractivity contribution is -0.645. The summed E-state index contributed by atoms with van der Waals surface area (Å²) >= 11 is 0. The van der Waals surface area contributed by atoms with Gasteiger partial charge in [0.25, 0.3) is 5.91 Å². The maximum atomic E-state index is 12.1. The maximum absolute atomic E-state index is 12.1. The van der Waals surface area contributed by atoms with Crippen molar-refractivity contribution >= 4 is 44.8 Å². The predicted octanol–water partition coefficient (Wildman–Crippen LogP) is 1.16. The van der Waals surface area contributed by atoms with Crippen LogP contribution in [-0.2, 0) is 7.05 Å². The second-order valence-corrected chi connectivity index (χ2v) is 6.73. The molecule has 5 N–H and O–H groups in total. The van der Waals surface area contributed by atoms with Crippen LogP contribution in [0, 0.1) is 13.8 Å². The van der Waals surface area contributed by atoms with Crippen molar-refractivity contribution in [2.75, 3.05) is 5.73 Å². The summed E-state index contributed by atoms with van der Waals surface area (Å²) < 4.78 is 5.82. The van der Waals surface area contributed by atoms with Crippen LogP contribution in [0.1, 0.15) is 21.6 Å². The van der Waals surface area contributed by atoms with Crippen LogP contribution in [0.15, 0.2) is 18.5 Å². The second kappa shape index (κ2) is 4.34. The van der Waals surface area contributed by atoms with E-state index in [0.29, 0.717) is 11.1 Å². The van der Waals surface area contributed by atoms with Gasteiger partial charge in [-0.25, -0.2) is 9.55 Å². The fraction of sp³-hybridized carbons (Fsp3) is 0.167. The van der Waals surface area contributed by atoms with Crippen LogP contribution in [0.2, 0.25) is 0 Å². The van der Waals surface area contributed by atoms with E-state index < -0.39 is 5.91 Å². The number of carbonyl (C=O) groups excluding carboxylic acids is 1. The van der Waals surface area contributed by atoms with Crippen LogP contribution < -0.4 is 16.0 Å². The van der Waals surface area contributed by atoms with Gasteiger partial charge >= 0.3 is 0 Å². The van der Waals surface area contributed by atoms with Gasteiger partial charge in [0.1, 0.15) is 33.7 Å². The minimum absolute atomic E-state index is 0.155.